The first-order valence-corrected chi connectivity index (χ1v) is 11.4. The van der Waals surface area contributed by atoms with Crippen LogP contribution in [0.25, 0.3) is 0 Å². The number of ether oxygens (including phenoxy) is 1. The van der Waals surface area contributed by atoms with Gasteiger partial charge in [0.25, 0.3) is 0 Å². The van der Waals surface area contributed by atoms with Gasteiger partial charge < -0.3 is 10.1 Å². The molecular formula is C20H22Cl2N2O4S. The van der Waals surface area contributed by atoms with E-state index in [1.54, 1.807) is 36.4 Å². The maximum atomic E-state index is 13.1. The van der Waals surface area contributed by atoms with Crippen LogP contribution in [-0.4, -0.2) is 44.4 Å². The topological polar surface area (TPSA) is 75.7 Å². The molecule has 6 nitrogen and oxygen atoms in total. The minimum Gasteiger partial charge on any atom is -0.376 e. The van der Waals surface area contributed by atoms with Crippen molar-refractivity contribution >= 4 is 39.1 Å². The van der Waals surface area contributed by atoms with E-state index in [-0.39, 0.29) is 30.0 Å². The van der Waals surface area contributed by atoms with Crippen LogP contribution in [0.5, 0.6) is 0 Å². The summed E-state index contributed by atoms with van der Waals surface area (Å²) in [4.78, 5) is 12.6. The lowest BCUT2D eigenvalue weighted by Crippen LogP contribution is -2.42. The summed E-state index contributed by atoms with van der Waals surface area (Å²) in [5, 5.41) is 3.47. The number of nitrogens with one attached hydrogen (secondary N) is 1. The number of rotatable bonds is 8. The maximum absolute atomic E-state index is 13.1. The molecule has 0 aromatic heterocycles. The van der Waals surface area contributed by atoms with Gasteiger partial charge in [-0.25, -0.2) is 8.42 Å². The molecule has 0 radical (unpaired) electrons. The van der Waals surface area contributed by atoms with Crippen molar-refractivity contribution in [1.82, 2.24) is 9.62 Å². The number of hydrogen-bond acceptors (Lipinski definition) is 4. The van der Waals surface area contributed by atoms with Crippen LogP contribution in [0.3, 0.4) is 0 Å². The van der Waals surface area contributed by atoms with Crippen LogP contribution in [0.2, 0.25) is 10.0 Å². The second-order valence-corrected chi connectivity index (χ2v) is 9.53. The zero-order chi connectivity index (χ0) is 20.9. The van der Waals surface area contributed by atoms with Crippen molar-refractivity contribution < 1.29 is 17.9 Å². The Morgan fingerprint density at radius 1 is 1.14 bits per heavy atom. The monoisotopic (exact) mass is 456 g/mol. The zero-order valence-corrected chi connectivity index (χ0v) is 18.0. The summed E-state index contributed by atoms with van der Waals surface area (Å²) in [7, 11) is -3.89. The van der Waals surface area contributed by atoms with Crippen molar-refractivity contribution in [1.29, 1.82) is 0 Å². The van der Waals surface area contributed by atoms with Crippen LogP contribution in [0.15, 0.2) is 53.4 Å². The van der Waals surface area contributed by atoms with E-state index in [0.29, 0.717) is 28.8 Å². The Kier molecular flexibility index (Phi) is 7.54. The van der Waals surface area contributed by atoms with Crippen LogP contribution < -0.4 is 5.32 Å². The highest BCUT2D eigenvalue weighted by Gasteiger charge is 2.27. The molecule has 0 aliphatic carbocycles. The molecule has 1 amide bonds. The molecule has 0 saturated carbocycles. The maximum Gasteiger partial charge on any atom is 0.243 e. The fourth-order valence-corrected chi connectivity index (χ4v) is 4.78. The average Bonchev–Trinajstić information content (AvgIpc) is 3.23. The number of carbonyl (C=O) groups is 1. The van der Waals surface area contributed by atoms with Crippen molar-refractivity contribution in [3.05, 3.63) is 64.1 Å². The molecule has 0 bridgehead atoms. The van der Waals surface area contributed by atoms with Gasteiger partial charge in [-0.05, 0) is 42.7 Å². The molecular weight excluding hydrogens is 435 g/mol. The van der Waals surface area contributed by atoms with Gasteiger partial charge in [-0.1, -0.05) is 47.5 Å². The van der Waals surface area contributed by atoms with Crippen LogP contribution in [0, 0.1) is 0 Å². The Morgan fingerprint density at radius 2 is 1.90 bits per heavy atom. The summed E-state index contributed by atoms with van der Waals surface area (Å²) in [6, 6.07) is 12.9. The normalized spacial score (nSPS) is 16.9. The van der Waals surface area contributed by atoms with Crippen LogP contribution in [0.4, 0.5) is 0 Å². The molecule has 3 rings (SSSR count). The average molecular weight is 457 g/mol. The van der Waals surface area contributed by atoms with E-state index < -0.39 is 10.0 Å². The van der Waals surface area contributed by atoms with Gasteiger partial charge in [0.1, 0.15) is 0 Å². The second-order valence-electron chi connectivity index (χ2n) is 6.77. The summed E-state index contributed by atoms with van der Waals surface area (Å²) in [5.74, 6) is -0.389. The summed E-state index contributed by atoms with van der Waals surface area (Å²) >= 11 is 12.0. The first-order chi connectivity index (χ1) is 13.9. The van der Waals surface area contributed by atoms with E-state index in [0.717, 1.165) is 17.1 Å². The highest BCUT2D eigenvalue weighted by Crippen LogP contribution is 2.25. The molecule has 29 heavy (non-hydrogen) atoms. The summed E-state index contributed by atoms with van der Waals surface area (Å²) in [6.07, 6.45) is 1.83. The molecule has 1 N–H and O–H groups in total. The Bertz CT molecular complexity index is 948. The molecule has 1 aliphatic heterocycles. The predicted molar refractivity (Wildman–Crippen MR) is 112 cm³/mol. The molecule has 1 heterocycles. The van der Waals surface area contributed by atoms with Crippen molar-refractivity contribution in [2.24, 2.45) is 0 Å². The van der Waals surface area contributed by atoms with Crippen LogP contribution in [0.1, 0.15) is 18.4 Å². The molecule has 1 atom stereocenters. The molecule has 156 valence electrons. The van der Waals surface area contributed by atoms with E-state index in [2.05, 4.69) is 5.32 Å². The molecule has 9 heteroatoms. The third kappa shape index (κ3) is 5.93. The van der Waals surface area contributed by atoms with E-state index in [4.69, 9.17) is 27.9 Å². The Morgan fingerprint density at radius 3 is 2.55 bits per heavy atom. The number of nitrogens with zero attached hydrogens (tertiary/aromatic N) is 1. The lowest BCUT2D eigenvalue weighted by Gasteiger charge is -2.22. The number of halogens is 2. The smallest absolute Gasteiger partial charge is 0.243 e. The van der Waals surface area contributed by atoms with Gasteiger partial charge >= 0.3 is 0 Å². The van der Waals surface area contributed by atoms with E-state index in [1.165, 1.54) is 12.1 Å². The Hall–Kier alpha value is -1.64. The van der Waals surface area contributed by atoms with Crippen molar-refractivity contribution in [2.45, 2.75) is 30.4 Å². The van der Waals surface area contributed by atoms with E-state index in [9.17, 15) is 13.2 Å². The molecule has 0 spiro atoms. The van der Waals surface area contributed by atoms with Gasteiger partial charge in [0.15, 0.2) is 0 Å². The van der Waals surface area contributed by atoms with Crippen LogP contribution in [-0.2, 0) is 26.1 Å². The Balaban J connectivity index is 1.78. The van der Waals surface area contributed by atoms with E-state index in [1.807, 2.05) is 0 Å². The van der Waals surface area contributed by atoms with Gasteiger partial charge in [-0.3, -0.25) is 4.79 Å². The lowest BCUT2D eigenvalue weighted by molar-refractivity contribution is -0.121. The SMILES string of the molecule is O=C(CN(Cc1ccc(Cl)c(Cl)c1)S(=O)(=O)c1ccccc1)NCC1CCCO1. The first-order valence-electron chi connectivity index (χ1n) is 9.23. The van der Waals surface area contributed by atoms with Crippen molar-refractivity contribution in [2.75, 3.05) is 19.7 Å². The molecule has 1 unspecified atom stereocenters. The fourth-order valence-electron chi connectivity index (χ4n) is 3.06. The van der Waals surface area contributed by atoms with Crippen LogP contribution >= 0.6 is 23.2 Å². The summed E-state index contributed by atoms with van der Waals surface area (Å²) in [6.45, 7) is 0.725. The van der Waals surface area contributed by atoms with Gasteiger partial charge in [-0.15, -0.1) is 0 Å². The summed E-state index contributed by atoms with van der Waals surface area (Å²) < 4.78 is 32.9. The minimum absolute atomic E-state index is 0.0124. The highest BCUT2D eigenvalue weighted by atomic mass is 35.5. The lowest BCUT2D eigenvalue weighted by atomic mass is 10.2. The third-order valence-electron chi connectivity index (χ3n) is 4.59. The first kappa shape index (κ1) is 22.1. The second kappa shape index (κ2) is 9.91. The number of carbonyl (C=O) groups excluding carboxylic acids is 1. The zero-order valence-electron chi connectivity index (χ0n) is 15.7. The number of hydrogen-bond donors (Lipinski definition) is 1. The van der Waals surface area contributed by atoms with Gasteiger partial charge in [0, 0.05) is 19.7 Å². The quantitative estimate of drug-likeness (QED) is 0.659. The standard InChI is InChI=1S/C20H22Cl2N2O4S/c21-18-9-8-15(11-19(18)22)13-24(29(26,27)17-6-2-1-3-7-17)14-20(25)23-12-16-5-4-10-28-16/h1-3,6-9,11,16H,4-5,10,12-14H2,(H,23,25). The third-order valence-corrected chi connectivity index (χ3v) is 7.14. The number of amides is 1. The summed E-state index contributed by atoms with van der Waals surface area (Å²) in [5.41, 5.74) is 0.630. The molecule has 1 saturated heterocycles. The predicted octanol–water partition coefficient (Wildman–Crippen LogP) is 3.48. The molecule has 2 aromatic carbocycles. The molecule has 2 aromatic rings. The van der Waals surface area contributed by atoms with Gasteiger partial charge in [-0.2, -0.15) is 4.31 Å². The number of sulfonamides is 1. The van der Waals surface area contributed by atoms with E-state index >= 15 is 0 Å². The van der Waals surface area contributed by atoms with Gasteiger partial charge in [0.2, 0.25) is 15.9 Å². The molecule has 1 aliphatic rings. The largest absolute Gasteiger partial charge is 0.376 e. The highest BCUT2D eigenvalue weighted by molar-refractivity contribution is 7.89. The minimum atomic E-state index is -3.89. The van der Waals surface area contributed by atoms with Crippen molar-refractivity contribution in [3.63, 3.8) is 0 Å². The van der Waals surface area contributed by atoms with Crippen molar-refractivity contribution in [3.8, 4) is 0 Å². The Labute approximate surface area is 180 Å². The number of benzene rings is 2. The van der Waals surface area contributed by atoms with Gasteiger partial charge in [0.05, 0.1) is 27.6 Å². The molecule has 1 fully saturated rings. The fraction of sp³-hybridized carbons (Fsp3) is 0.350.